The van der Waals surface area contributed by atoms with Crippen molar-refractivity contribution in [2.24, 2.45) is 11.7 Å². The minimum Gasteiger partial charge on any atom is -0.354 e. The molecule has 0 unspecified atom stereocenters. The maximum absolute atomic E-state index is 11.8. The Bertz CT molecular complexity index is 657. The molecule has 0 aliphatic rings. The molecule has 0 radical (unpaired) electrons. The van der Waals surface area contributed by atoms with Crippen molar-refractivity contribution in [1.29, 1.82) is 0 Å². The summed E-state index contributed by atoms with van der Waals surface area (Å²) in [5.74, 6) is 1.16. The van der Waals surface area contributed by atoms with Crippen LogP contribution in [-0.4, -0.2) is 28.6 Å². The van der Waals surface area contributed by atoms with Crippen molar-refractivity contribution in [3.05, 3.63) is 35.2 Å². The van der Waals surface area contributed by atoms with E-state index in [0.717, 1.165) is 5.56 Å². The van der Waals surface area contributed by atoms with Gasteiger partial charge < -0.3 is 15.6 Å². The van der Waals surface area contributed by atoms with Gasteiger partial charge in [0, 0.05) is 23.6 Å². The Morgan fingerprint density at radius 2 is 2.22 bits per heavy atom. The van der Waals surface area contributed by atoms with Crippen LogP contribution in [0.1, 0.15) is 26.2 Å². The Kier molecular flexibility index (Phi) is 6.12. The zero-order chi connectivity index (χ0) is 16.8. The number of hydrogen-bond acceptors (Lipinski definition) is 5. The molecular formula is C16H21ClN4O2. The molecule has 1 atom stereocenters. The summed E-state index contributed by atoms with van der Waals surface area (Å²) in [5.41, 5.74) is 6.60. The van der Waals surface area contributed by atoms with Gasteiger partial charge in [-0.25, -0.2) is 0 Å². The number of nitrogens with one attached hydrogen (secondary N) is 1. The number of carbonyl (C=O) groups is 1. The largest absolute Gasteiger partial charge is 0.354 e. The molecular weight excluding hydrogens is 316 g/mol. The van der Waals surface area contributed by atoms with Crippen molar-refractivity contribution in [3.8, 4) is 11.4 Å². The lowest BCUT2D eigenvalue weighted by atomic mass is 10.0. The number of aromatic nitrogens is 2. The van der Waals surface area contributed by atoms with E-state index in [1.165, 1.54) is 0 Å². The maximum atomic E-state index is 11.8. The second-order valence-corrected chi connectivity index (χ2v) is 6.24. The molecule has 124 valence electrons. The van der Waals surface area contributed by atoms with Crippen molar-refractivity contribution < 1.29 is 9.32 Å². The number of rotatable bonds is 7. The fourth-order valence-corrected chi connectivity index (χ4v) is 2.33. The van der Waals surface area contributed by atoms with Gasteiger partial charge in [0.15, 0.2) is 0 Å². The minimum absolute atomic E-state index is 0.159. The summed E-state index contributed by atoms with van der Waals surface area (Å²) in [5, 5.41) is 7.31. The summed E-state index contributed by atoms with van der Waals surface area (Å²) in [6.07, 6.45) is 1.11. The van der Waals surface area contributed by atoms with Crippen LogP contribution in [0.2, 0.25) is 5.02 Å². The fourth-order valence-electron chi connectivity index (χ4n) is 2.14. The second-order valence-electron chi connectivity index (χ2n) is 5.80. The van der Waals surface area contributed by atoms with E-state index in [-0.39, 0.29) is 5.91 Å². The molecule has 0 aliphatic carbocycles. The van der Waals surface area contributed by atoms with Gasteiger partial charge in [0.1, 0.15) is 0 Å². The fraction of sp³-hybridized carbons (Fsp3) is 0.438. The summed E-state index contributed by atoms with van der Waals surface area (Å²) < 4.78 is 5.18. The van der Waals surface area contributed by atoms with Crippen LogP contribution in [0.5, 0.6) is 0 Å². The zero-order valence-electron chi connectivity index (χ0n) is 13.3. The first-order chi connectivity index (χ1) is 11.0. The monoisotopic (exact) mass is 336 g/mol. The summed E-state index contributed by atoms with van der Waals surface area (Å²) >= 11 is 5.94. The Hall–Kier alpha value is -1.92. The van der Waals surface area contributed by atoms with E-state index in [9.17, 15) is 4.79 Å². The van der Waals surface area contributed by atoms with Gasteiger partial charge in [-0.2, -0.15) is 4.98 Å². The predicted molar refractivity (Wildman–Crippen MR) is 88.9 cm³/mol. The summed E-state index contributed by atoms with van der Waals surface area (Å²) in [6.45, 7) is 4.47. The highest BCUT2D eigenvalue weighted by atomic mass is 35.5. The third-order valence-electron chi connectivity index (χ3n) is 3.25. The minimum atomic E-state index is -0.486. The van der Waals surface area contributed by atoms with Gasteiger partial charge in [0.25, 0.3) is 0 Å². The van der Waals surface area contributed by atoms with Crippen LogP contribution in [0.4, 0.5) is 0 Å². The summed E-state index contributed by atoms with van der Waals surface area (Å²) in [6, 6.07) is 6.74. The van der Waals surface area contributed by atoms with Gasteiger partial charge in [0.05, 0.1) is 6.04 Å². The number of benzene rings is 1. The number of amides is 1. The van der Waals surface area contributed by atoms with Crippen molar-refractivity contribution in [3.63, 3.8) is 0 Å². The van der Waals surface area contributed by atoms with E-state index < -0.39 is 6.04 Å². The summed E-state index contributed by atoms with van der Waals surface area (Å²) in [7, 11) is 0. The third-order valence-corrected chi connectivity index (χ3v) is 3.49. The number of nitrogens with zero attached hydrogens (tertiary/aromatic N) is 2. The van der Waals surface area contributed by atoms with Gasteiger partial charge >= 0.3 is 0 Å². The third kappa shape index (κ3) is 5.33. The molecule has 0 fully saturated rings. The first kappa shape index (κ1) is 17.4. The van der Waals surface area contributed by atoms with Crippen LogP contribution >= 0.6 is 11.6 Å². The highest BCUT2D eigenvalue weighted by molar-refractivity contribution is 6.30. The topological polar surface area (TPSA) is 94.0 Å². The average Bonchev–Trinajstić information content (AvgIpc) is 2.95. The van der Waals surface area contributed by atoms with Crippen LogP contribution in [0.15, 0.2) is 28.8 Å². The van der Waals surface area contributed by atoms with E-state index in [0.29, 0.717) is 42.0 Å². The van der Waals surface area contributed by atoms with Crippen molar-refractivity contribution in [2.45, 2.75) is 32.7 Å². The molecule has 2 rings (SSSR count). The molecule has 6 nitrogen and oxygen atoms in total. The van der Waals surface area contributed by atoms with E-state index in [4.69, 9.17) is 21.9 Å². The van der Waals surface area contributed by atoms with Gasteiger partial charge in [-0.05, 0) is 24.5 Å². The van der Waals surface area contributed by atoms with E-state index in [1.54, 1.807) is 12.1 Å². The molecule has 3 N–H and O–H groups in total. The molecule has 0 saturated carbocycles. The Morgan fingerprint density at radius 3 is 2.91 bits per heavy atom. The van der Waals surface area contributed by atoms with E-state index in [1.807, 2.05) is 26.0 Å². The molecule has 1 heterocycles. The molecule has 1 amide bonds. The molecule has 0 aliphatic heterocycles. The summed E-state index contributed by atoms with van der Waals surface area (Å²) in [4.78, 5) is 16.1. The lowest BCUT2D eigenvalue weighted by molar-refractivity contribution is -0.122. The molecule has 1 aromatic heterocycles. The van der Waals surface area contributed by atoms with Gasteiger partial charge in [0.2, 0.25) is 17.6 Å². The average molecular weight is 337 g/mol. The highest BCUT2D eigenvalue weighted by Crippen LogP contribution is 2.19. The molecule has 0 bridgehead atoms. The van der Waals surface area contributed by atoms with Crippen LogP contribution in [0.3, 0.4) is 0 Å². The lowest BCUT2D eigenvalue weighted by Gasteiger charge is -2.13. The SMILES string of the molecule is CC(C)C[C@H](N)C(=O)NCCc1nc(-c2cccc(Cl)c2)no1. The number of nitrogens with two attached hydrogens (primary N) is 1. The van der Waals surface area contributed by atoms with Crippen LogP contribution in [0, 0.1) is 5.92 Å². The van der Waals surface area contributed by atoms with Gasteiger partial charge in [-0.1, -0.05) is 42.7 Å². The first-order valence-electron chi connectivity index (χ1n) is 7.57. The highest BCUT2D eigenvalue weighted by Gasteiger charge is 2.15. The predicted octanol–water partition coefficient (Wildman–Crippen LogP) is 2.42. The zero-order valence-corrected chi connectivity index (χ0v) is 14.0. The Labute approximate surface area is 140 Å². The van der Waals surface area contributed by atoms with Gasteiger partial charge in [-0.15, -0.1) is 0 Å². The van der Waals surface area contributed by atoms with E-state index in [2.05, 4.69) is 15.5 Å². The Balaban J connectivity index is 1.84. The molecule has 23 heavy (non-hydrogen) atoms. The molecule has 0 spiro atoms. The number of carbonyl (C=O) groups excluding carboxylic acids is 1. The van der Waals surface area contributed by atoms with Gasteiger partial charge in [-0.3, -0.25) is 4.79 Å². The number of hydrogen-bond donors (Lipinski definition) is 2. The quantitative estimate of drug-likeness (QED) is 0.809. The van der Waals surface area contributed by atoms with E-state index >= 15 is 0 Å². The Morgan fingerprint density at radius 1 is 1.43 bits per heavy atom. The standard InChI is InChI=1S/C16H21ClN4O2/c1-10(2)8-13(18)16(22)19-7-6-14-20-15(21-23-14)11-4-3-5-12(17)9-11/h3-5,9-10,13H,6-8,18H2,1-2H3,(H,19,22)/t13-/m0/s1. The van der Waals surface area contributed by atoms with Crippen LogP contribution < -0.4 is 11.1 Å². The maximum Gasteiger partial charge on any atom is 0.236 e. The number of halogens is 1. The van der Waals surface area contributed by atoms with Crippen LogP contribution in [0.25, 0.3) is 11.4 Å². The normalized spacial score (nSPS) is 12.4. The first-order valence-corrected chi connectivity index (χ1v) is 7.95. The smallest absolute Gasteiger partial charge is 0.236 e. The molecule has 1 aromatic carbocycles. The van der Waals surface area contributed by atoms with Crippen molar-refractivity contribution in [1.82, 2.24) is 15.5 Å². The molecule has 0 saturated heterocycles. The van der Waals surface area contributed by atoms with Crippen molar-refractivity contribution >= 4 is 17.5 Å². The molecule has 7 heteroatoms. The van der Waals surface area contributed by atoms with Crippen molar-refractivity contribution in [2.75, 3.05) is 6.54 Å². The molecule has 2 aromatic rings. The van der Waals surface area contributed by atoms with Crippen LogP contribution in [-0.2, 0) is 11.2 Å². The second kappa shape index (κ2) is 8.08. The lowest BCUT2D eigenvalue weighted by Crippen LogP contribution is -2.42.